The molecule has 0 aliphatic rings. The molecule has 6 heteroatoms. The van der Waals surface area contributed by atoms with Crippen LogP contribution in [0, 0.1) is 0 Å². The number of aromatic nitrogens is 1. The van der Waals surface area contributed by atoms with Gasteiger partial charge in [0.05, 0.1) is 16.1 Å². The SMILES string of the molecule is CC(=O)c1cccc(Nc2ncc(C(=O)c3ccccc3Cl)s2)c1. The van der Waals surface area contributed by atoms with Gasteiger partial charge in [-0.05, 0) is 31.2 Å². The van der Waals surface area contributed by atoms with Crippen molar-refractivity contribution in [2.24, 2.45) is 0 Å². The number of nitrogens with zero attached hydrogens (tertiary/aromatic N) is 1. The summed E-state index contributed by atoms with van der Waals surface area (Å²) in [5, 5.41) is 4.10. The molecule has 1 aromatic heterocycles. The minimum atomic E-state index is -0.163. The third-order valence-corrected chi connectivity index (χ3v) is 4.61. The van der Waals surface area contributed by atoms with E-state index >= 15 is 0 Å². The number of Topliss-reactive ketones (excluding diaryl/α,β-unsaturated/α-hetero) is 1. The van der Waals surface area contributed by atoms with Gasteiger partial charge >= 0.3 is 0 Å². The number of nitrogens with one attached hydrogen (secondary N) is 1. The van der Waals surface area contributed by atoms with E-state index in [-0.39, 0.29) is 11.6 Å². The van der Waals surface area contributed by atoms with Crippen molar-refractivity contribution in [3.63, 3.8) is 0 Å². The summed E-state index contributed by atoms with van der Waals surface area (Å²) in [6.45, 7) is 1.52. The number of benzene rings is 2. The Balaban J connectivity index is 1.81. The van der Waals surface area contributed by atoms with Gasteiger partial charge in [-0.15, -0.1) is 0 Å². The van der Waals surface area contributed by atoms with Crippen LogP contribution >= 0.6 is 22.9 Å². The van der Waals surface area contributed by atoms with Crippen LogP contribution in [0.4, 0.5) is 10.8 Å². The van der Waals surface area contributed by atoms with Crippen molar-refractivity contribution in [1.29, 1.82) is 0 Å². The number of rotatable bonds is 5. The third-order valence-electron chi connectivity index (χ3n) is 3.37. The lowest BCUT2D eigenvalue weighted by Gasteiger charge is -2.04. The number of carbonyl (C=O) groups excluding carboxylic acids is 2. The van der Waals surface area contributed by atoms with Crippen LogP contribution in [0.5, 0.6) is 0 Å². The second kappa shape index (κ2) is 6.95. The quantitative estimate of drug-likeness (QED) is 0.655. The van der Waals surface area contributed by atoms with Gasteiger partial charge in [-0.1, -0.05) is 47.2 Å². The maximum Gasteiger partial charge on any atom is 0.206 e. The number of ketones is 2. The minimum Gasteiger partial charge on any atom is -0.332 e. The molecule has 0 aliphatic heterocycles. The first-order valence-electron chi connectivity index (χ1n) is 7.17. The zero-order chi connectivity index (χ0) is 17.1. The average molecular weight is 357 g/mol. The fraction of sp³-hybridized carbons (Fsp3) is 0.0556. The molecule has 3 rings (SSSR count). The van der Waals surface area contributed by atoms with Crippen LogP contribution in [0.2, 0.25) is 5.02 Å². The maximum atomic E-state index is 12.5. The number of hydrogen-bond acceptors (Lipinski definition) is 5. The highest BCUT2D eigenvalue weighted by Gasteiger charge is 2.15. The van der Waals surface area contributed by atoms with Crippen molar-refractivity contribution < 1.29 is 9.59 Å². The molecule has 0 bridgehead atoms. The van der Waals surface area contributed by atoms with Crippen molar-refractivity contribution in [2.45, 2.75) is 6.92 Å². The molecular weight excluding hydrogens is 344 g/mol. The molecule has 0 spiro atoms. The molecule has 0 saturated heterocycles. The second-order valence-corrected chi connectivity index (χ2v) is 6.54. The molecule has 0 unspecified atom stereocenters. The summed E-state index contributed by atoms with van der Waals surface area (Å²) in [6.07, 6.45) is 1.52. The lowest BCUT2D eigenvalue weighted by molar-refractivity contribution is 0.101. The van der Waals surface area contributed by atoms with Crippen LogP contribution in [0.15, 0.2) is 54.7 Å². The molecule has 4 nitrogen and oxygen atoms in total. The van der Waals surface area contributed by atoms with Gasteiger partial charge in [0, 0.05) is 16.8 Å². The molecule has 1 N–H and O–H groups in total. The molecule has 2 aromatic carbocycles. The Bertz CT molecular complexity index is 921. The lowest BCUT2D eigenvalue weighted by atomic mass is 10.1. The van der Waals surface area contributed by atoms with Gasteiger partial charge in [0.1, 0.15) is 0 Å². The van der Waals surface area contributed by atoms with Gasteiger partial charge in [-0.2, -0.15) is 0 Å². The van der Waals surface area contributed by atoms with E-state index in [0.717, 1.165) is 5.69 Å². The lowest BCUT2D eigenvalue weighted by Crippen LogP contribution is -1.99. The van der Waals surface area contributed by atoms with Crippen LogP contribution in [0.3, 0.4) is 0 Å². The molecule has 24 heavy (non-hydrogen) atoms. The van der Waals surface area contributed by atoms with Crippen LogP contribution in [-0.4, -0.2) is 16.6 Å². The molecule has 0 saturated carbocycles. The third kappa shape index (κ3) is 3.53. The smallest absolute Gasteiger partial charge is 0.206 e. The summed E-state index contributed by atoms with van der Waals surface area (Å²) in [5.41, 5.74) is 1.81. The Labute approximate surface area is 148 Å². The van der Waals surface area contributed by atoms with E-state index in [1.54, 1.807) is 42.5 Å². The van der Waals surface area contributed by atoms with Crippen LogP contribution in [0.25, 0.3) is 0 Å². The molecule has 120 valence electrons. The van der Waals surface area contributed by atoms with Crippen molar-refractivity contribution in [3.05, 3.63) is 75.8 Å². The number of halogens is 1. The van der Waals surface area contributed by atoms with E-state index in [0.29, 0.717) is 26.2 Å². The fourth-order valence-corrected chi connectivity index (χ4v) is 3.17. The average Bonchev–Trinajstić information content (AvgIpc) is 3.03. The number of thiazole rings is 1. The summed E-state index contributed by atoms with van der Waals surface area (Å²) in [6, 6.07) is 14.1. The van der Waals surface area contributed by atoms with Crippen LogP contribution in [0.1, 0.15) is 32.5 Å². The Morgan fingerprint density at radius 1 is 1.12 bits per heavy atom. The van der Waals surface area contributed by atoms with Crippen LogP contribution < -0.4 is 5.32 Å². The summed E-state index contributed by atoms with van der Waals surface area (Å²) >= 11 is 7.31. The van der Waals surface area contributed by atoms with E-state index in [2.05, 4.69) is 10.3 Å². The predicted molar refractivity (Wildman–Crippen MR) is 96.7 cm³/mol. The number of hydrogen-bond donors (Lipinski definition) is 1. The highest BCUT2D eigenvalue weighted by atomic mass is 35.5. The van der Waals surface area contributed by atoms with E-state index in [4.69, 9.17) is 11.6 Å². The number of anilines is 2. The van der Waals surface area contributed by atoms with Gasteiger partial charge in [-0.25, -0.2) is 4.98 Å². The Kier molecular flexibility index (Phi) is 4.74. The molecule has 1 heterocycles. The zero-order valence-electron chi connectivity index (χ0n) is 12.7. The van der Waals surface area contributed by atoms with Gasteiger partial charge in [0.2, 0.25) is 5.78 Å². The van der Waals surface area contributed by atoms with Crippen molar-refractivity contribution in [3.8, 4) is 0 Å². The van der Waals surface area contributed by atoms with Gasteiger partial charge in [0.15, 0.2) is 10.9 Å². The van der Waals surface area contributed by atoms with Gasteiger partial charge in [-0.3, -0.25) is 9.59 Å². The Hall–Kier alpha value is -2.50. The number of carbonyl (C=O) groups is 2. The van der Waals surface area contributed by atoms with Gasteiger partial charge < -0.3 is 5.32 Å². The summed E-state index contributed by atoms with van der Waals surface area (Å²) < 4.78 is 0. The molecule has 0 aliphatic carbocycles. The topological polar surface area (TPSA) is 59.1 Å². The fourth-order valence-electron chi connectivity index (χ4n) is 2.15. The normalized spacial score (nSPS) is 10.4. The zero-order valence-corrected chi connectivity index (χ0v) is 14.3. The molecule has 0 radical (unpaired) electrons. The molecule has 0 fully saturated rings. The highest BCUT2D eigenvalue weighted by Crippen LogP contribution is 2.27. The first-order chi connectivity index (χ1) is 11.5. The minimum absolute atomic E-state index is 0.00706. The van der Waals surface area contributed by atoms with Crippen molar-refractivity contribution >= 4 is 45.3 Å². The summed E-state index contributed by atoms with van der Waals surface area (Å²) in [7, 11) is 0. The van der Waals surface area contributed by atoms with E-state index in [9.17, 15) is 9.59 Å². The van der Waals surface area contributed by atoms with E-state index < -0.39 is 0 Å². The largest absolute Gasteiger partial charge is 0.332 e. The first kappa shape index (κ1) is 16.4. The molecule has 3 aromatic rings. The first-order valence-corrected chi connectivity index (χ1v) is 8.37. The molecule has 0 atom stereocenters. The predicted octanol–water partition coefficient (Wildman–Crippen LogP) is 4.97. The van der Waals surface area contributed by atoms with Crippen molar-refractivity contribution in [1.82, 2.24) is 4.98 Å². The Morgan fingerprint density at radius 3 is 2.67 bits per heavy atom. The van der Waals surface area contributed by atoms with Gasteiger partial charge in [0.25, 0.3) is 0 Å². The standard InChI is InChI=1S/C18H13ClN2O2S/c1-11(22)12-5-4-6-13(9-12)21-18-20-10-16(24-18)17(23)14-7-2-3-8-15(14)19/h2-10H,1H3,(H,20,21). The summed E-state index contributed by atoms with van der Waals surface area (Å²) in [4.78, 5) is 28.6. The Morgan fingerprint density at radius 2 is 1.92 bits per heavy atom. The maximum absolute atomic E-state index is 12.5. The monoisotopic (exact) mass is 356 g/mol. The van der Waals surface area contributed by atoms with E-state index in [1.807, 2.05) is 6.07 Å². The van der Waals surface area contributed by atoms with Crippen LogP contribution in [-0.2, 0) is 0 Å². The van der Waals surface area contributed by atoms with Crippen molar-refractivity contribution in [2.75, 3.05) is 5.32 Å². The molecule has 0 amide bonds. The summed E-state index contributed by atoms with van der Waals surface area (Å²) in [5.74, 6) is -0.170. The van der Waals surface area contributed by atoms with E-state index in [1.165, 1.54) is 24.5 Å². The highest BCUT2D eigenvalue weighted by molar-refractivity contribution is 7.17. The second-order valence-electron chi connectivity index (χ2n) is 5.10. The molecular formula is C18H13ClN2O2S.